The molecule has 0 aliphatic heterocycles. The average Bonchev–Trinajstić information content (AvgIpc) is 3.28. The fourth-order valence-electron chi connectivity index (χ4n) is 1.95. The van der Waals surface area contributed by atoms with Gasteiger partial charge in [-0.05, 0) is 49.4 Å². The molecule has 4 heteroatoms. The lowest BCUT2D eigenvalue weighted by Gasteiger charge is -2.11. The Morgan fingerprint density at radius 2 is 2.10 bits per heavy atom. The van der Waals surface area contributed by atoms with E-state index in [9.17, 15) is 9.90 Å². The third-order valence-corrected chi connectivity index (χ3v) is 3.42. The van der Waals surface area contributed by atoms with Gasteiger partial charge in [0.25, 0.3) is 5.91 Å². The van der Waals surface area contributed by atoms with Crippen LogP contribution in [0.2, 0.25) is 0 Å². The SMILES string of the molecule is CCCC(O)CNC(=O)c1ccc(OCC2CC2)cc1. The molecule has 20 heavy (non-hydrogen) atoms. The van der Waals surface area contributed by atoms with E-state index < -0.39 is 6.10 Å². The zero-order valence-corrected chi connectivity index (χ0v) is 12.0. The van der Waals surface area contributed by atoms with Crippen molar-refractivity contribution in [2.45, 2.75) is 38.7 Å². The van der Waals surface area contributed by atoms with Crippen LogP contribution in [-0.2, 0) is 0 Å². The minimum absolute atomic E-state index is 0.158. The number of aliphatic hydroxyl groups is 1. The number of hydrogen-bond acceptors (Lipinski definition) is 3. The molecule has 0 heterocycles. The highest BCUT2D eigenvalue weighted by atomic mass is 16.5. The molecule has 1 amide bonds. The van der Waals surface area contributed by atoms with Crippen molar-refractivity contribution in [3.8, 4) is 5.75 Å². The molecule has 110 valence electrons. The van der Waals surface area contributed by atoms with Crippen LogP contribution in [0.5, 0.6) is 5.75 Å². The number of amides is 1. The first-order valence-electron chi connectivity index (χ1n) is 7.38. The Kier molecular flexibility index (Phi) is 5.41. The maximum atomic E-state index is 11.9. The van der Waals surface area contributed by atoms with Crippen LogP contribution in [0, 0.1) is 5.92 Å². The van der Waals surface area contributed by atoms with E-state index in [0.29, 0.717) is 18.5 Å². The van der Waals surface area contributed by atoms with Gasteiger partial charge in [-0.2, -0.15) is 0 Å². The van der Waals surface area contributed by atoms with Crippen molar-refractivity contribution in [2.75, 3.05) is 13.2 Å². The number of carbonyl (C=O) groups excluding carboxylic acids is 1. The van der Waals surface area contributed by atoms with Crippen LogP contribution in [-0.4, -0.2) is 30.3 Å². The highest BCUT2D eigenvalue weighted by Crippen LogP contribution is 2.29. The number of rotatable bonds is 8. The Bertz CT molecular complexity index is 426. The molecule has 2 N–H and O–H groups in total. The average molecular weight is 277 g/mol. The Morgan fingerprint density at radius 3 is 2.70 bits per heavy atom. The van der Waals surface area contributed by atoms with Crippen molar-refractivity contribution in [2.24, 2.45) is 5.92 Å². The molecule has 0 bridgehead atoms. The first kappa shape index (κ1) is 14.9. The molecule has 1 saturated carbocycles. The zero-order valence-electron chi connectivity index (χ0n) is 12.0. The maximum absolute atomic E-state index is 11.9. The summed E-state index contributed by atoms with van der Waals surface area (Å²) in [6.07, 6.45) is 3.67. The minimum Gasteiger partial charge on any atom is -0.493 e. The zero-order chi connectivity index (χ0) is 14.4. The van der Waals surface area contributed by atoms with E-state index >= 15 is 0 Å². The minimum atomic E-state index is -0.468. The van der Waals surface area contributed by atoms with Gasteiger partial charge < -0.3 is 15.2 Å². The molecule has 2 rings (SSSR count). The van der Waals surface area contributed by atoms with Gasteiger partial charge in [0.15, 0.2) is 0 Å². The van der Waals surface area contributed by atoms with Gasteiger partial charge in [0.1, 0.15) is 5.75 Å². The summed E-state index contributed by atoms with van der Waals surface area (Å²) in [6, 6.07) is 7.15. The number of nitrogens with one attached hydrogen (secondary N) is 1. The van der Waals surface area contributed by atoms with Crippen molar-refractivity contribution in [3.05, 3.63) is 29.8 Å². The number of benzene rings is 1. The van der Waals surface area contributed by atoms with Crippen LogP contribution in [0.3, 0.4) is 0 Å². The van der Waals surface area contributed by atoms with E-state index in [2.05, 4.69) is 5.32 Å². The Labute approximate surface area is 120 Å². The molecule has 1 fully saturated rings. The summed E-state index contributed by atoms with van der Waals surface area (Å²) in [5.41, 5.74) is 0.590. The van der Waals surface area contributed by atoms with E-state index in [-0.39, 0.29) is 5.91 Å². The normalized spacial score (nSPS) is 15.7. The lowest BCUT2D eigenvalue weighted by molar-refractivity contribution is 0.0910. The van der Waals surface area contributed by atoms with E-state index in [1.807, 2.05) is 19.1 Å². The Hall–Kier alpha value is -1.55. The molecule has 1 atom stereocenters. The largest absolute Gasteiger partial charge is 0.493 e. The lowest BCUT2D eigenvalue weighted by atomic mass is 10.2. The third-order valence-electron chi connectivity index (χ3n) is 3.42. The molecule has 0 radical (unpaired) electrons. The van der Waals surface area contributed by atoms with Gasteiger partial charge in [-0.25, -0.2) is 0 Å². The quantitative estimate of drug-likeness (QED) is 0.767. The van der Waals surface area contributed by atoms with Crippen LogP contribution in [0.15, 0.2) is 24.3 Å². The van der Waals surface area contributed by atoms with E-state index in [1.165, 1.54) is 12.8 Å². The Balaban J connectivity index is 1.77. The van der Waals surface area contributed by atoms with E-state index in [1.54, 1.807) is 12.1 Å². The Morgan fingerprint density at radius 1 is 1.40 bits per heavy atom. The molecule has 1 aromatic rings. The fraction of sp³-hybridized carbons (Fsp3) is 0.562. The van der Waals surface area contributed by atoms with Crippen LogP contribution in [0.1, 0.15) is 43.0 Å². The van der Waals surface area contributed by atoms with Crippen LogP contribution in [0.4, 0.5) is 0 Å². The van der Waals surface area contributed by atoms with Crippen molar-refractivity contribution >= 4 is 5.91 Å². The molecular weight excluding hydrogens is 254 g/mol. The summed E-state index contributed by atoms with van der Waals surface area (Å²) >= 11 is 0. The molecule has 0 saturated heterocycles. The highest BCUT2D eigenvalue weighted by Gasteiger charge is 2.21. The summed E-state index contributed by atoms with van der Waals surface area (Å²) in [5, 5.41) is 12.3. The van der Waals surface area contributed by atoms with Crippen LogP contribution >= 0.6 is 0 Å². The molecule has 4 nitrogen and oxygen atoms in total. The second-order valence-corrected chi connectivity index (χ2v) is 5.43. The summed E-state index contributed by atoms with van der Waals surface area (Å²) in [7, 11) is 0. The second-order valence-electron chi connectivity index (χ2n) is 5.43. The van der Waals surface area contributed by atoms with Crippen molar-refractivity contribution in [1.82, 2.24) is 5.32 Å². The van der Waals surface area contributed by atoms with Gasteiger partial charge in [0.05, 0.1) is 12.7 Å². The summed E-state index contributed by atoms with van der Waals surface area (Å²) < 4.78 is 5.62. The van der Waals surface area contributed by atoms with E-state index in [0.717, 1.165) is 24.7 Å². The highest BCUT2D eigenvalue weighted by molar-refractivity contribution is 5.94. The van der Waals surface area contributed by atoms with Crippen LogP contribution < -0.4 is 10.1 Å². The number of carbonyl (C=O) groups is 1. The topological polar surface area (TPSA) is 58.6 Å². The molecular formula is C16H23NO3. The van der Waals surface area contributed by atoms with Gasteiger partial charge >= 0.3 is 0 Å². The number of ether oxygens (including phenoxy) is 1. The fourth-order valence-corrected chi connectivity index (χ4v) is 1.95. The van der Waals surface area contributed by atoms with Gasteiger partial charge in [-0.15, -0.1) is 0 Å². The number of hydrogen-bond donors (Lipinski definition) is 2. The predicted octanol–water partition coefficient (Wildman–Crippen LogP) is 2.37. The first-order chi connectivity index (χ1) is 9.69. The second kappa shape index (κ2) is 7.29. The first-order valence-corrected chi connectivity index (χ1v) is 7.38. The smallest absolute Gasteiger partial charge is 0.251 e. The molecule has 1 aliphatic carbocycles. The van der Waals surface area contributed by atoms with Crippen molar-refractivity contribution < 1.29 is 14.6 Å². The molecule has 1 aromatic carbocycles. The maximum Gasteiger partial charge on any atom is 0.251 e. The van der Waals surface area contributed by atoms with Gasteiger partial charge in [-0.1, -0.05) is 13.3 Å². The monoisotopic (exact) mass is 277 g/mol. The van der Waals surface area contributed by atoms with Crippen LogP contribution in [0.25, 0.3) is 0 Å². The summed E-state index contributed by atoms with van der Waals surface area (Å²) in [5.74, 6) is 1.37. The van der Waals surface area contributed by atoms with Gasteiger partial charge in [-0.3, -0.25) is 4.79 Å². The summed E-state index contributed by atoms with van der Waals surface area (Å²) in [6.45, 7) is 3.08. The van der Waals surface area contributed by atoms with Crippen molar-refractivity contribution in [1.29, 1.82) is 0 Å². The summed E-state index contributed by atoms with van der Waals surface area (Å²) in [4.78, 5) is 11.9. The molecule has 0 aromatic heterocycles. The van der Waals surface area contributed by atoms with E-state index in [4.69, 9.17) is 4.74 Å². The van der Waals surface area contributed by atoms with Crippen molar-refractivity contribution in [3.63, 3.8) is 0 Å². The predicted molar refractivity (Wildman–Crippen MR) is 77.9 cm³/mol. The molecule has 0 spiro atoms. The van der Waals surface area contributed by atoms with Gasteiger partial charge in [0.2, 0.25) is 0 Å². The standard InChI is InChI=1S/C16H23NO3/c1-2-3-14(18)10-17-16(19)13-6-8-15(9-7-13)20-11-12-4-5-12/h6-9,12,14,18H,2-5,10-11H2,1H3,(H,17,19). The third kappa shape index (κ3) is 4.85. The van der Waals surface area contributed by atoms with Gasteiger partial charge in [0, 0.05) is 12.1 Å². The molecule has 1 unspecified atom stereocenters. The molecule has 1 aliphatic rings. The lowest BCUT2D eigenvalue weighted by Crippen LogP contribution is -2.31. The number of aliphatic hydroxyl groups excluding tert-OH is 1.